The fourth-order valence-corrected chi connectivity index (χ4v) is 2.48. The van der Waals surface area contributed by atoms with E-state index in [1.54, 1.807) is 0 Å². The van der Waals surface area contributed by atoms with Crippen molar-refractivity contribution in [2.45, 2.75) is 12.6 Å². The summed E-state index contributed by atoms with van der Waals surface area (Å²) in [6.07, 6.45) is 0. The van der Waals surface area contributed by atoms with Crippen molar-refractivity contribution in [3.8, 4) is 0 Å². The fourth-order valence-electron chi connectivity index (χ4n) is 2.48. The number of ether oxygens (including phenoxy) is 1. The summed E-state index contributed by atoms with van der Waals surface area (Å²) >= 11 is 0. The minimum atomic E-state index is -0.376. The Kier molecular flexibility index (Phi) is 5.90. The number of hydrogen-bond acceptors (Lipinski definition) is 4. The highest BCUT2D eigenvalue weighted by molar-refractivity contribution is 5.92. The highest BCUT2D eigenvalue weighted by Gasteiger charge is 2.17. The first-order valence-electron chi connectivity index (χ1n) is 8.25. The number of carbonyl (C=O) groups is 1. The summed E-state index contributed by atoms with van der Waals surface area (Å²) in [4.78, 5) is 23.5. The molecule has 132 valence electrons. The van der Waals surface area contributed by atoms with Gasteiger partial charge in [0.1, 0.15) is 5.69 Å². The van der Waals surface area contributed by atoms with Gasteiger partial charge in [0.25, 0.3) is 11.5 Å². The summed E-state index contributed by atoms with van der Waals surface area (Å²) in [5, 5.41) is 8.93. The normalized spacial score (nSPS) is 11.7. The van der Waals surface area contributed by atoms with Crippen LogP contribution in [0.2, 0.25) is 0 Å². The number of benzene rings is 2. The number of rotatable bonds is 7. The van der Waals surface area contributed by atoms with E-state index in [0.29, 0.717) is 13.2 Å². The van der Waals surface area contributed by atoms with Gasteiger partial charge >= 0.3 is 0 Å². The number of hydrogen-bond donors (Lipinski definition) is 2. The number of amides is 1. The Morgan fingerprint density at radius 3 is 2.35 bits per heavy atom. The summed E-state index contributed by atoms with van der Waals surface area (Å²) in [5.74, 6) is -0.376. The quantitative estimate of drug-likeness (QED) is 0.686. The molecule has 2 aromatic carbocycles. The van der Waals surface area contributed by atoms with Crippen molar-refractivity contribution in [1.82, 2.24) is 15.5 Å². The van der Waals surface area contributed by atoms with Gasteiger partial charge in [0, 0.05) is 6.07 Å². The first kappa shape index (κ1) is 17.6. The van der Waals surface area contributed by atoms with E-state index in [1.165, 1.54) is 12.1 Å². The maximum Gasteiger partial charge on any atom is 0.272 e. The summed E-state index contributed by atoms with van der Waals surface area (Å²) in [6, 6.07) is 21.7. The zero-order chi connectivity index (χ0) is 18.2. The zero-order valence-electron chi connectivity index (χ0n) is 14.1. The minimum absolute atomic E-state index is 0.147. The molecule has 1 aromatic heterocycles. The third-order valence-electron chi connectivity index (χ3n) is 3.82. The molecule has 0 spiro atoms. The third-order valence-corrected chi connectivity index (χ3v) is 3.82. The second kappa shape index (κ2) is 8.73. The monoisotopic (exact) mass is 349 g/mol. The second-order valence-electron chi connectivity index (χ2n) is 5.74. The van der Waals surface area contributed by atoms with Crippen LogP contribution < -0.4 is 10.9 Å². The van der Waals surface area contributed by atoms with Crippen molar-refractivity contribution in [3.05, 3.63) is 100.0 Å². The molecule has 0 aliphatic carbocycles. The van der Waals surface area contributed by atoms with Gasteiger partial charge in [0.2, 0.25) is 0 Å². The number of nitrogens with one attached hydrogen (secondary N) is 2. The largest absolute Gasteiger partial charge is 0.374 e. The van der Waals surface area contributed by atoms with Crippen molar-refractivity contribution in [2.75, 3.05) is 6.61 Å². The van der Waals surface area contributed by atoms with Gasteiger partial charge in [-0.1, -0.05) is 60.7 Å². The van der Waals surface area contributed by atoms with Crippen LogP contribution >= 0.6 is 0 Å². The second-order valence-corrected chi connectivity index (χ2v) is 5.74. The Morgan fingerprint density at radius 2 is 1.69 bits per heavy atom. The predicted octanol–water partition coefficient (Wildman–Crippen LogP) is 2.46. The van der Waals surface area contributed by atoms with Crippen LogP contribution in [0.3, 0.4) is 0 Å². The van der Waals surface area contributed by atoms with Crippen LogP contribution in [0.25, 0.3) is 0 Å². The van der Waals surface area contributed by atoms with Crippen molar-refractivity contribution in [1.29, 1.82) is 0 Å². The highest BCUT2D eigenvalue weighted by Crippen LogP contribution is 2.14. The molecule has 0 aliphatic heterocycles. The van der Waals surface area contributed by atoms with E-state index in [2.05, 4.69) is 15.5 Å². The van der Waals surface area contributed by atoms with Gasteiger partial charge in [-0.2, -0.15) is 5.10 Å². The maximum absolute atomic E-state index is 12.4. The minimum Gasteiger partial charge on any atom is -0.374 e. The molecule has 0 radical (unpaired) electrons. The zero-order valence-corrected chi connectivity index (χ0v) is 14.1. The van der Waals surface area contributed by atoms with Gasteiger partial charge in [-0.3, -0.25) is 9.59 Å². The molecule has 1 heterocycles. The standard InChI is InChI=1S/C20H19N3O3/c24-19-12-11-17(22-23-19)20(25)21-18(16-9-5-2-6-10-16)14-26-13-15-7-3-1-4-8-15/h1-12,18H,13-14H2,(H,21,25)(H,23,24)/t18-/m0/s1. The summed E-state index contributed by atoms with van der Waals surface area (Å²) in [6.45, 7) is 0.769. The Balaban J connectivity index is 1.68. The van der Waals surface area contributed by atoms with Gasteiger partial charge in [0.05, 0.1) is 19.3 Å². The van der Waals surface area contributed by atoms with E-state index < -0.39 is 0 Å². The van der Waals surface area contributed by atoms with Crippen LogP contribution in [0.1, 0.15) is 27.7 Å². The summed E-state index contributed by atoms with van der Waals surface area (Å²) < 4.78 is 5.80. The molecule has 1 atom stereocenters. The highest BCUT2D eigenvalue weighted by atomic mass is 16.5. The molecule has 6 nitrogen and oxygen atoms in total. The number of nitrogens with zero attached hydrogens (tertiary/aromatic N) is 1. The Hall–Kier alpha value is -3.25. The van der Waals surface area contributed by atoms with Crippen LogP contribution in [0.5, 0.6) is 0 Å². The lowest BCUT2D eigenvalue weighted by molar-refractivity contribution is 0.0792. The van der Waals surface area contributed by atoms with Crippen LogP contribution in [-0.4, -0.2) is 22.7 Å². The Bertz CT molecular complexity index is 874. The molecule has 0 saturated heterocycles. The number of carbonyl (C=O) groups excluding carboxylic acids is 1. The SMILES string of the molecule is O=C(N[C@@H](COCc1ccccc1)c1ccccc1)c1ccc(=O)[nH]n1. The number of aromatic amines is 1. The third kappa shape index (κ3) is 4.87. The molecule has 0 saturated carbocycles. The molecular formula is C20H19N3O3. The molecule has 3 aromatic rings. The average molecular weight is 349 g/mol. The van der Waals surface area contributed by atoms with Crippen LogP contribution in [0.15, 0.2) is 77.6 Å². The topological polar surface area (TPSA) is 84.1 Å². The van der Waals surface area contributed by atoms with Gasteiger partial charge in [-0.15, -0.1) is 0 Å². The van der Waals surface area contributed by atoms with Crippen LogP contribution in [0.4, 0.5) is 0 Å². The van der Waals surface area contributed by atoms with Crippen molar-refractivity contribution in [3.63, 3.8) is 0 Å². The van der Waals surface area contributed by atoms with E-state index in [-0.39, 0.29) is 23.2 Å². The van der Waals surface area contributed by atoms with Gasteiger partial charge in [-0.05, 0) is 17.2 Å². The lowest BCUT2D eigenvalue weighted by atomic mass is 10.1. The number of H-pyrrole nitrogens is 1. The molecule has 26 heavy (non-hydrogen) atoms. The smallest absolute Gasteiger partial charge is 0.272 e. The van der Waals surface area contributed by atoms with E-state index in [1.807, 2.05) is 60.7 Å². The summed E-state index contributed by atoms with van der Waals surface area (Å²) in [5.41, 5.74) is 1.78. The average Bonchev–Trinajstić information content (AvgIpc) is 2.69. The van der Waals surface area contributed by atoms with E-state index in [0.717, 1.165) is 11.1 Å². The van der Waals surface area contributed by atoms with Crippen molar-refractivity contribution < 1.29 is 9.53 Å². The van der Waals surface area contributed by atoms with E-state index in [4.69, 9.17) is 4.74 Å². The predicted molar refractivity (Wildman–Crippen MR) is 97.6 cm³/mol. The molecule has 0 unspecified atom stereocenters. The van der Waals surface area contributed by atoms with Crippen LogP contribution in [-0.2, 0) is 11.3 Å². The molecular weight excluding hydrogens is 330 g/mol. The number of aromatic nitrogens is 2. The Labute approximate surface area is 150 Å². The molecule has 3 rings (SSSR count). The fraction of sp³-hybridized carbons (Fsp3) is 0.150. The molecule has 0 bridgehead atoms. The lowest BCUT2D eigenvalue weighted by Gasteiger charge is -2.19. The molecule has 0 fully saturated rings. The van der Waals surface area contributed by atoms with E-state index in [9.17, 15) is 9.59 Å². The maximum atomic E-state index is 12.4. The van der Waals surface area contributed by atoms with Crippen molar-refractivity contribution in [2.24, 2.45) is 0 Å². The van der Waals surface area contributed by atoms with E-state index >= 15 is 0 Å². The van der Waals surface area contributed by atoms with Gasteiger partial charge in [0.15, 0.2) is 0 Å². The Morgan fingerprint density at radius 1 is 1.00 bits per heavy atom. The molecule has 1 amide bonds. The molecule has 2 N–H and O–H groups in total. The molecule has 6 heteroatoms. The molecule has 0 aliphatic rings. The lowest BCUT2D eigenvalue weighted by Crippen LogP contribution is -2.32. The van der Waals surface area contributed by atoms with Gasteiger partial charge < -0.3 is 10.1 Å². The first-order valence-corrected chi connectivity index (χ1v) is 8.25. The van der Waals surface area contributed by atoms with Crippen molar-refractivity contribution >= 4 is 5.91 Å². The van der Waals surface area contributed by atoms with Gasteiger partial charge in [-0.25, -0.2) is 5.10 Å². The van der Waals surface area contributed by atoms with Crippen LogP contribution in [0, 0.1) is 0 Å². The summed E-state index contributed by atoms with van der Waals surface area (Å²) in [7, 11) is 0. The first-order chi connectivity index (χ1) is 12.7.